The number of thiazole rings is 1. The summed E-state index contributed by atoms with van der Waals surface area (Å²) in [4.78, 5) is 17.8. The fourth-order valence-electron chi connectivity index (χ4n) is 2.79. The molecular weight excluding hydrogens is 327 g/mol. The third kappa shape index (κ3) is 2.45. The lowest BCUT2D eigenvalue weighted by Crippen LogP contribution is -2.13. The van der Waals surface area contributed by atoms with E-state index >= 15 is 0 Å². The lowest BCUT2D eigenvalue weighted by atomic mass is 10.1. The number of benzene rings is 2. The molecule has 24 heavy (non-hydrogen) atoms. The van der Waals surface area contributed by atoms with Crippen LogP contribution >= 0.6 is 11.3 Å². The van der Waals surface area contributed by atoms with E-state index < -0.39 is 11.7 Å². The van der Waals surface area contributed by atoms with Crippen molar-refractivity contribution in [1.29, 1.82) is 0 Å². The number of ether oxygens (including phenoxy) is 1. The molecule has 120 valence electrons. The van der Waals surface area contributed by atoms with Gasteiger partial charge < -0.3 is 4.74 Å². The first-order valence-electron chi connectivity index (χ1n) is 7.38. The molecule has 1 aliphatic rings. The van der Waals surface area contributed by atoms with Gasteiger partial charge in [-0.25, -0.2) is 9.37 Å². The summed E-state index contributed by atoms with van der Waals surface area (Å²) in [6.07, 6.45) is 0.759. The molecule has 4 rings (SSSR count). The average molecular weight is 340 g/mol. The first kappa shape index (κ1) is 14.8. The molecule has 0 atom stereocenters. The molecule has 3 aromatic rings. The van der Waals surface area contributed by atoms with Gasteiger partial charge in [0.1, 0.15) is 11.6 Å². The zero-order valence-electron chi connectivity index (χ0n) is 12.8. The second-order valence-corrected chi connectivity index (χ2v) is 6.51. The average Bonchev–Trinajstić information content (AvgIpc) is 3.11. The number of nitrogens with one attached hydrogen (secondary N) is 1. The van der Waals surface area contributed by atoms with E-state index in [9.17, 15) is 9.18 Å². The lowest BCUT2D eigenvalue weighted by Gasteiger charge is -2.04. The summed E-state index contributed by atoms with van der Waals surface area (Å²) in [5.74, 6) is -0.219. The zero-order chi connectivity index (χ0) is 16.7. The molecule has 1 heterocycles. The van der Waals surface area contributed by atoms with Gasteiger partial charge in [-0.2, -0.15) is 0 Å². The van der Waals surface area contributed by atoms with Crippen molar-refractivity contribution in [3.8, 4) is 17.0 Å². The standard InChI is InChI=1S/C18H13FN2O2S/c1-23-11-6-7-12-10(8-11)9-15-16(12)20-18(24-15)21-17(22)13-4-2-3-5-14(13)19/h2-8H,9H2,1H3,(H,20,21,22). The number of nitrogens with zero attached hydrogens (tertiary/aromatic N) is 1. The number of amides is 1. The van der Waals surface area contributed by atoms with E-state index in [0.29, 0.717) is 5.13 Å². The Morgan fingerprint density at radius 3 is 2.92 bits per heavy atom. The normalized spacial score (nSPS) is 11.8. The van der Waals surface area contributed by atoms with Crippen LogP contribution in [0.25, 0.3) is 11.3 Å². The van der Waals surface area contributed by atoms with Crippen LogP contribution in [0.15, 0.2) is 42.5 Å². The molecular formula is C18H13FN2O2S. The van der Waals surface area contributed by atoms with Crippen molar-refractivity contribution >= 4 is 22.4 Å². The Hall–Kier alpha value is -2.73. The number of rotatable bonds is 3. The van der Waals surface area contributed by atoms with Crippen molar-refractivity contribution in [2.45, 2.75) is 6.42 Å². The molecule has 0 bridgehead atoms. The maximum Gasteiger partial charge on any atom is 0.260 e. The molecule has 0 fully saturated rings. The molecule has 1 aliphatic carbocycles. The molecule has 1 aromatic heterocycles. The monoisotopic (exact) mass is 340 g/mol. The SMILES string of the molecule is COc1ccc2c(c1)Cc1sc(NC(=O)c3ccccc3F)nc1-2. The van der Waals surface area contributed by atoms with Crippen molar-refractivity contribution in [2.75, 3.05) is 12.4 Å². The summed E-state index contributed by atoms with van der Waals surface area (Å²) >= 11 is 1.41. The number of carbonyl (C=O) groups excluding carboxylic acids is 1. The number of halogens is 1. The molecule has 1 N–H and O–H groups in total. The van der Waals surface area contributed by atoms with Crippen molar-refractivity contribution < 1.29 is 13.9 Å². The fourth-order valence-corrected chi connectivity index (χ4v) is 3.79. The first-order chi connectivity index (χ1) is 11.7. The highest BCUT2D eigenvalue weighted by Crippen LogP contribution is 2.42. The minimum absolute atomic E-state index is 0.0120. The van der Waals surface area contributed by atoms with Crippen LogP contribution in [0.2, 0.25) is 0 Å². The van der Waals surface area contributed by atoms with Gasteiger partial charge in [-0.3, -0.25) is 10.1 Å². The van der Waals surface area contributed by atoms with E-state index in [4.69, 9.17) is 4.74 Å². The van der Waals surface area contributed by atoms with Crippen molar-refractivity contribution in [2.24, 2.45) is 0 Å². The smallest absolute Gasteiger partial charge is 0.260 e. The van der Waals surface area contributed by atoms with Crippen LogP contribution in [0, 0.1) is 5.82 Å². The van der Waals surface area contributed by atoms with Crippen LogP contribution in [0.4, 0.5) is 9.52 Å². The fraction of sp³-hybridized carbons (Fsp3) is 0.111. The summed E-state index contributed by atoms with van der Waals surface area (Å²) in [5, 5.41) is 3.17. The predicted octanol–water partition coefficient (Wildman–Crippen LogP) is 4.11. The van der Waals surface area contributed by atoms with Crippen LogP contribution in [-0.4, -0.2) is 18.0 Å². The van der Waals surface area contributed by atoms with E-state index in [-0.39, 0.29) is 5.56 Å². The highest BCUT2D eigenvalue weighted by Gasteiger charge is 2.24. The van der Waals surface area contributed by atoms with E-state index in [2.05, 4.69) is 10.3 Å². The van der Waals surface area contributed by atoms with Crippen LogP contribution in [0.1, 0.15) is 20.8 Å². The molecule has 0 saturated carbocycles. The molecule has 1 amide bonds. The molecule has 2 aromatic carbocycles. The lowest BCUT2D eigenvalue weighted by molar-refractivity contribution is 0.102. The van der Waals surface area contributed by atoms with Gasteiger partial charge in [-0.1, -0.05) is 12.1 Å². The maximum absolute atomic E-state index is 13.7. The first-order valence-corrected chi connectivity index (χ1v) is 8.20. The summed E-state index contributed by atoms with van der Waals surface area (Å²) in [5.41, 5.74) is 3.10. The van der Waals surface area contributed by atoms with Gasteiger partial charge in [-0.05, 0) is 35.9 Å². The summed E-state index contributed by atoms with van der Waals surface area (Å²) < 4.78 is 18.9. The van der Waals surface area contributed by atoms with Gasteiger partial charge in [0.05, 0.1) is 18.4 Å². The summed E-state index contributed by atoms with van der Waals surface area (Å²) in [7, 11) is 1.64. The Morgan fingerprint density at radius 1 is 1.29 bits per heavy atom. The highest BCUT2D eigenvalue weighted by atomic mass is 32.1. The quantitative estimate of drug-likeness (QED) is 0.610. The van der Waals surface area contributed by atoms with Gasteiger partial charge in [0.15, 0.2) is 5.13 Å². The zero-order valence-corrected chi connectivity index (χ0v) is 13.6. The van der Waals surface area contributed by atoms with E-state index in [1.54, 1.807) is 19.2 Å². The number of hydrogen-bond donors (Lipinski definition) is 1. The number of aromatic nitrogens is 1. The second-order valence-electron chi connectivity index (χ2n) is 5.42. The number of anilines is 1. The minimum atomic E-state index is -0.545. The number of carbonyl (C=O) groups is 1. The van der Waals surface area contributed by atoms with Gasteiger partial charge in [0.2, 0.25) is 0 Å². The van der Waals surface area contributed by atoms with Crippen molar-refractivity contribution in [3.63, 3.8) is 0 Å². The van der Waals surface area contributed by atoms with E-state index in [0.717, 1.165) is 33.9 Å². The Kier molecular flexibility index (Phi) is 3.54. The maximum atomic E-state index is 13.7. The van der Waals surface area contributed by atoms with Crippen LogP contribution < -0.4 is 10.1 Å². The molecule has 0 unspecified atom stereocenters. The Morgan fingerprint density at radius 2 is 2.12 bits per heavy atom. The van der Waals surface area contributed by atoms with E-state index in [1.807, 2.05) is 18.2 Å². The molecule has 6 heteroatoms. The summed E-state index contributed by atoms with van der Waals surface area (Å²) in [6, 6.07) is 11.8. The highest BCUT2D eigenvalue weighted by molar-refractivity contribution is 7.16. The largest absolute Gasteiger partial charge is 0.497 e. The van der Waals surface area contributed by atoms with Crippen molar-refractivity contribution in [3.05, 3.63) is 64.3 Å². The van der Waals surface area contributed by atoms with E-state index in [1.165, 1.54) is 23.5 Å². The third-order valence-electron chi connectivity index (χ3n) is 3.95. The Balaban J connectivity index is 1.60. The number of fused-ring (bicyclic) bond motifs is 3. The number of hydrogen-bond acceptors (Lipinski definition) is 4. The third-order valence-corrected chi connectivity index (χ3v) is 4.93. The molecule has 0 saturated heterocycles. The minimum Gasteiger partial charge on any atom is -0.497 e. The second kappa shape index (κ2) is 5.72. The number of methoxy groups -OCH3 is 1. The van der Waals surface area contributed by atoms with Gasteiger partial charge >= 0.3 is 0 Å². The molecule has 0 spiro atoms. The van der Waals surface area contributed by atoms with Crippen LogP contribution in [-0.2, 0) is 6.42 Å². The Bertz CT molecular complexity index is 952. The summed E-state index contributed by atoms with van der Waals surface area (Å²) in [6.45, 7) is 0. The Labute approximate surface area is 141 Å². The van der Waals surface area contributed by atoms with Crippen LogP contribution in [0.5, 0.6) is 5.75 Å². The molecule has 0 aliphatic heterocycles. The predicted molar refractivity (Wildman–Crippen MR) is 91.3 cm³/mol. The molecule has 4 nitrogen and oxygen atoms in total. The van der Waals surface area contributed by atoms with Gasteiger partial charge in [-0.15, -0.1) is 11.3 Å². The van der Waals surface area contributed by atoms with Crippen molar-refractivity contribution in [1.82, 2.24) is 4.98 Å². The van der Waals surface area contributed by atoms with Gasteiger partial charge in [0.25, 0.3) is 5.91 Å². The topological polar surface area (TPSA) is 51.2 Å². The van der Waals surface area contributed by atoms with Crippen LogP contribution in [0.3, 0.4) is 0 Å². The molecule has 0 radical (unpaired) electrons. The van der Waals surface area contributed by atoms with Gasteiger partial charge in [0, 0.05) is 16.9 Å².